The van der Waals surface area contributed by atoms with Crippen molar-refractivity contribution in [3.8, 4) is 0 Å². The van der Waals surface area contributed by atoms with Gasteiger partial charge in [-0.2, -0.15) is 0 Å². The van der Waals surface area contributed by atoms with E-state index in [2.05, 4.69) is 0 Å². The molecule has 0 nitrogen and oxygen atoms in total. The van der Waals surface area contributed by atoms with Gasteiger partial charge in [0.15, 0.2) is 0 Å². The van der Waals surface area contributed by atoms with E-state index in [1.807, 2.05) is 22.6 Å². The van der Waals surface area contributed by atoms with Crippen LogP contribution in [0.25, 0.3) is 0 Å². The Bertz CT molecular complexity index is 110. The molecule has 0 saturated carbocycles. The minimum atomic E-state index is -2.46. The molecule has 0 rings (SSSR count). The van der Waals surface area contributed by atoms with E-state index >= 15 is 0 Å². The van der Waals surface area contributed by atoms with Gasteiger partial charge in [-0.05, 0) is 10.5 Å². The first kappa shape index (κ1) is 10.3. The normalized spacial score (nSPS) is 12.8. The zero-order valence-electron chi connectivity index (χ0n) is 5.91. The maximum atomic E-state index is 12.4. The third-order valence-electron chi connectivity index (χ3n) is 1.28. The van der Waals surface area contributed by atoms with Gasteiger partial charge in [0, 0.05) is 12.8 Å². The first-order chi connectivity index (χ1) is 4.62. The Morgan fingerprint density at radius 2 is 2.10 bits per heavy atom. The van der Waals surface area contributed by atoms with Crippen LogP contribution in [0.1, 0.15) is 26.2 Å². The Labute approximate surface area is 73.8 Å². The first-order valence-corrected chi connectivity index (χ1v) is 4.50. The molecule has 0 heterocycles. The molecule has 0 fully saturated rings. The van der Waals surface area contributed by atoms with Crippen LogP contribution in [0, 0.1) is 0 Å². The third kappa shape index (κ3) is 5.14. The van der Waals surface area contributed by atoms with Crippen LogP contribution in [0.2, 0.25) is 0 Å². The van der Waals surface area contributed by atoms with Crippen LogP contribution in [-0.4, -0.2) is 5.92 Å². The monoisotopic (exact) mass is 260 g/mol. The molecule has 0 atom stereocenters. The summed E-state index contributed by atoms with van der Waals surface area (Å²) in [6.45, 7) is 1.51. The number of hydrogen-bond acceptors (Lipinski definition) is 0. The molecule has 0 aliphatic heterocycles. The lowest BCUT2D eigenvalue weighted by molar-refractivity contribution is -0.0103. The first-order valence-electron chi connectivity index (χ1n) is 3.25. The highest BCUT2D eigenvalue weighted by atomic mass is 127. The Balaban J connectivity index is 3.46. The molecule has 0 unspecified atom stereocenters. The summed E-state index contributed by atoms with van der Waals surface area (Å²) < 4.78 is 26.6. The average molecular weight is 260 g/mol. The quantitative estimate of drug-likeness (QED) is 0.675. The van der Waals surface area contributed by atoms with Crippen molar-refractivity contribution in [3.63, 3.8) is 0 Å². The predicted molar refractivity (Wildman–Crippen MR) is 47.6 cm³/mol. The van der Waals surface area contributed by atoms with Gasteiger partial charge in [-0.1, -0.05) is 35.6 Å². The van der Waals surface area contributed by atoms with Gasteiger partial charge >= 0.3 is 0 Å². The van der Waals surface area contributed by atoms with E-state index in [4.69, 9.17) is 0 Å². The van der Waals surface area contributed by atoms with Crippen LogP contribution in [0.5, 0.6) is 0 Å². The smallest absolute Gasteiger partial charge is 0.207 e. The summed E-state index contributed by atoms with van der Waals surface area (Å²) in [7, 11) is 0. The molecule has 0 radical (unpaired) electrons. The fourth-order valence-electron chi connectivity index (χ4n) is 0.534. The Hall–Kier alpha value is 0.330. The van der Waals surface area contributed by atoms with E-state index in [0.29, 0.717) is 6.42 Å². The lowest BCUT2D eigenvalue weighted by Gasteiger charge is -2.11. The van der Waals surface area contributed by atoms with E-state index in [9.17, 15) is 8.78 Å². The van der Waals surface area contributed by atoms with Crippen molar-refractivity contribution in [3.05, 3.63) is 10.2 Å². The standard InChI is InChI=1S/C7H11F2I/c1-2-7(8,9)5-3-4-6-10/h4,6H,2-3,5H2,1H3/b6-4-. The van der Waals surface area contributed by atoms with Gasteiger partial charge in [0.1, 0.15) is 0 Å². The fourth-order valence-corrected chi connectivity index (χ4v) is 0.894. The molecule has 0 saturated heterocycles. The maximum Gasteiger partial charge on any atom is 0.248 e. The summed E-state index contributed by atoms with van der Waals surface area (Å²) in [5.41, 5.74) is 0. The SMILES string of the molecule is CCC(F)(F)CC/C=C\I. The zero-order chi connectivity index (χ0) is 8.04. The molecule has 0 aromatic heterocycles. The lowest BCUT2D eigenvalue weighted by Crippen LogP contribution is -2.12. The van der Waals surface area contributed by atoms with Crippen LogP contribution in [0.4, 0.5) is 8.78 Å². The van der Waals surface area contributed by atoms with Crippen molar-refractivity contribution < 1.29 is 8.78 Å². The molecule has 0 aliphatic carbocycles. The third-order valence-corrected chi connectivity index (χ3v) is 1.79. The molecule has 3 heteroatoms. The topological polar surface area (TPSA) is 0 Å². The number of alkyl halides is 2. The molecule has 0 N–H and O–H groups in total. The second kappa shape index (κ2) is 5.04. The van der Waals surface area contributed by atoms with Gasteiger partial charge in [-0.3, -0.25) is 0 Å². The molecule has 0 amide bonds. The second-order valence-corrected chi connectivity index (χ2v) is 2.83. The van der Waals surface area contributed by atoms with Crippen LogP contribution >= 0.6 is 22.6 Å². The molecule has 60 valence electrons. The largest absolute Gasteiger partial charge is 0.248 e. The Kier molecular flexibility index (Phi) is 5.21. The van der Waals surface area contributed by atoms with Gasteiger partial charge in [0.05, 0.1) is 0 Å². The highest BCUT2D eigenvalue weighted by Crippen LogP contribution is 2.23. The van der Waals surface area contributed by atoms with Crippen molar-refractivity contribution in [2.75, 3.05) is 0 Å². The number of hydrogen-bond donors (Lipinski definition) is 0. The van der Waals surface area contributed by atoms with E-state index in [1.54, 1.807) is 10.2 Å². The Morgan fingerprint density at radius 1 is 1.50 bits per heavy atom. The fraction of sp³-hybridized carbons (Fsp3) is 0.714. The highest BCUT2D eigenvalue weighted by Gasteiger charge is 2.24. The molecule has 0 bridgehead atoms. The van der Waals surface area contributed by atoms with Crippen molar-refractivity contribution in [1.82, 2.24) is 0 Å². The lowest BCUT2D eigenvalue weighted by atomic mass is 10.1. The Morgan fingerprint density at radius 3 is 2.50 bits per heavy atom. The van der Waals surface area contributed by atoms with Gasteiger partial charge in [0.25, 0.3) is 0 Å². The number of allylic oxidation sites excluding steroid dienone is 1. The molecule has 0 aliphatic rings. The molecule has 0 spiro atoms. The van der Waals surface area contributed by atoms with Crippen molar-refractivity contribution in [2.45, 2.75) is 32.1 Å². The van der Waals surface area contributed by atoms with Crippen molar-refractivity contribution >= 4 is 22.6 Å². The predicted octanol–water partition coefficient (Wildman–Crippen LogP) is 3.76. The minimum absolute atomic E-state index is 0.0248. The van der Waals surface area contributed by atoms with Crippen molar-refractivity contribution in [2.24, 2.45) is 0 Å². The van der Waals surface area contributed by atoms with Gasteiger partial charge in [-0.15, -0.1) is 0 Å². The average Bonchev–Trinajstić information content (AvgIpc) is 1.89. The van der Waals surface area contributed by atoms with Crippen molar-refractivity contribution in [1.29, 1.82) is 0 Å². The van der Waals surface area contributed by atoms with Crippen LogP contribution < -0.4 is 0 Å². The summed E-state index contributed by atoms with van der Waals surface area (Å²) in [5.74, 6) is -2.46. The van der Waals surface area contributed by atoms with Gasteiger partial charge < -0.3 is 0 Å². The van der Waals surface area contributed by atoms with Crippen LogP contribution in [0.15, 0.2) is 10.2 Å². The summed E-state index contributed by atoms with van der Waals surface area (Å²) in [5, 5.41) is 0. The number of rotatable bonds is 4. The summed E-state index contributed by atoms with van der Waals surface area (Å²) in [6.07, 6.45) is 2.15. The molecular weight excluding hydrogens is 249 g/mol. The molecule has 0 aromatic rings. The summed E-state index contributed by atoms with van der Waals surface area (Å²) in [4.78, 5) is 0. The molecule has 0 aromatic carbocycles. The molecular formula is C7H11F2I. The van der Waals surface area contributed by atoms with E-state index in [1.165, 1.54) is 6.92 Å². The number of halogens is 3. The van der Waals surface area contributed by atoms with Gasteiger partial charge in [-0.25, -0.2) is 8.78 Å². The van der Waals surface area contributed by atoms with Crippen LogP contribution in [-0.2, 0) is 0 Å². The highest BCUT2D eigenvalue weighted by molar-refractivity contribution is 14.1. The maximum absolute atomic E-state index is 12.4. The molecule has 10 heavy (non-hydrogen) atoms. The van der Waals surface area contributed by atoms with Crippen LogP contribution in [0.3, 0.4) is 0 Å². The second-order valence-electron chi connectivity index (χ2n) is 2.11. The minimum Gasteiger partial charge on any atom is -0.207 e. The zero-order valence-corrected chi connectivity index (χ0v) is 8.07. The van der Waals surface area contributed by atoms with Gasteiger partial charge in [0.2, 0.25) is 5.92 Å². The van der Waals surface area contributed by atoms with E-state index in [-0.39, 0.29) is 12.8 Å². The summed E-state index contributed by atoms with van der Waals surface area (Å²) >= 11 is 2.03. The van der Waals surface area contributed by atoms with E-state index in [0.717, 1.165) is 0 Å². The van der Waals surface area contributed by atoms with E-state index < -0.39 is 5.92 Å². The summed E-state index contributed by atoms with van der Waals surface area (Å²) in [6, 6.07) is 0.